The van der Waals surface area contributed by atoms with Crippen molar-refractivity contribution in [2.45, 2.75) is 19.6 Å². The number of nitrogens with zero attached hydrogens (tertiary/aromatic N) is 2. The van der Waals surface area contributed by atoms with Crippen LogP contribution in [-0.4, -0.2) is 22.4 Å². The van der Waals surface area contributed by atoms with Crippen LogP contribution in [0, 0.1) is 0 Å². The van der Waals surface area contributed by atoms with Crippen LogP contribution in [-0.2, 0) is 22.2 Å². The summed E-state index contributed by atoms with van der Waals surface area (Å²) >= 11 is 4.51. The number of ether oxygens (including phenoxy) is 1. The van der Waals surface area contributed by atoms with E-state index in [0.29, 0.717) is 12.8 Å². The fraction of sp³-hybridized carbons (Fsp3) is 0.125. The van der Waals surface area contributed by atoms with Crippen LogP contribution in [0.25, 0.3) is 11.3 Å². The van der Waals surface area contributed by atoms with E-state index in [1.807, 2.05) is 37.3 Å². The van der Waals surface area contributed by atoms with Crippen molar-refractivity contribution in [3.63, 3.8) is 0 Å². The van der Waals surface area contributed by atoms with Crippen molar-refractivity contribution < 1.29 is 9.53 Å². The zero-order valence-corrected chi connectivity index (χ0v) is 23.8. The summed E-state index contributed by atoms with van der Waals surface area (Å²) < 4.78 is 7.05. The molecule has 0 spiro atoms. The van der Waals surface area contributed by atoms with Crippen LogP contribution in [0.15, 0.2) is 127 Å². The first kappa shape index (κ1) is 26.1. The molecule has 192 valence electrons. The van der Waals surface area contributed by atoms with Gasteiger partial charge in [-0.3, -0.25) is 0 Å². The van der Waals surface area contributed by atoms with Crippen molar-refractivity contribution in [2.24, 2.45) is 0 Å². The number of carbonyl (C=O) groups excluding carboxylic acids is 1. The topological polar surface area (TPSA) is 44.1 Å². The van der Waals surface area contributed by atoms with Gasteiger partial charge in [-0.05, 0) is 0 Å². The molecule has 0 unspecified atom stereocenters. The zero-order valence-electron chi connectivity index (χ0n) is 21.3. The summed E-state index contributed by atoms with van der Waals surface area (Å²) in [5.41, 5.74) is 2.80. The molecule has 6 heteroatoms. The SMILES string of the molecule is CCOC(=O)Cn1nc(CP(Br)(c2ccccc2)(c2ccccc2)c2ccccc2)cc1-c1ccccc1. The molecule has 0 aliphatic carbocycles. The van der Waals surface area contributed by atoms with Crippen molar-refractivity contribution >= 4 is 42.7 Å². The third-order valence-corrected chi connectivity index (χ3v) is 16.3. The molecule has 0 aliphatic heterocycles. The van der Waals surface area contributed by atoms with Crippen LogP contribution in [0.1, 0.15) is 12.6 Å². The molecule has 0 saturated carbocycles. The van der Waals surface area contributed by atoms with Gasteiger partial charge in [0.25, 0.3) is 0 Å². The average Bonchev–Trinajstić information content (AvgIpc) is 3.36. The maximum absolute atomic E-state index is 12.5. The summed E-state index contributed by atoms with van der Waals surface area (Å²) in [6.45, 7) is 2.21. The summed E-state index contributed by atoms with van der Waals surface area (Å²) in [5, 5.41) is 5.46. The number of esters is 1. The van der Waals surface area contributed by atoms with Crippen molar-refractivity contribution in [2.75, 3.05) is 6.61 Å². The minimum atomic E-state index is -3.23. The molecule has 5 aromatic rings. The number of halogens is 1. The summed E-state index contributed by atoms with van der Waals surface area (Å²) in [7, 11) is 0. The van der Waals surface area contributed by atoms with Gasteiger partial charge in [-0.2, -0.15) is 0 Å². The third kappa shape index (κ3) is 4.84. The first-order valence-corrected chi connectivity index (χ1v) is 17.1. The van der Waals surface area contributed by atoms with Crippen LogP contribution < -0.4 is 15.9 Å². The van der Waals surface area contributed by atoms with Gasteiger partial charge in [0.1, 0.15) is 0 Å². The van der Waals surface area contributed by atoms with E-state index in [1.165, 1.54) is 15.9 Å². The summed E-state index contributed by atoms with van der Waals surface area (Å²) in [6, 6.07) is 44.2. The monoisotopic (exact) mass is 584 g/mol. The third-order valence-electron chi connectivity index (χ3n) is 6.83. The second kappa shape index (κ2) is 11.1. The molecule has 0 fully saturated rings. The van der Waals surface area contributed by atoms with E-state index >= 15 is 0 Å². The van der Waals surface area contributed by atoms with Crippen LogP contribution >= 0.6 is 20.8 Å². The first-order chi connectivity index (χ1) is 18.5. The molecule has 5 rings (SSSR count). The Morgan fingerprint density at radius 2 is 1.21 bits per heavy atom. The number of carbonyl (C=O) groups is 1. The molecule has 0 N–H and O–H groups in total. The Labute approximate surface area is 232 Å². The van der Waals surface area contributed by atoms with Crippen LogP contribution in [0.4, 0.5) is 0 Å². The van der Waals surface area contributed by atoms with E-state index < -0.39 is 5.31 Å². The Bertz CT molecular complexity index is 1410. The Kier molecular flexibility index (Phi) is 7.60. The van der Waals surface area contributed by atoms with Crippen molar-refractivity contribution in [3.05, 3.63) is 133 Å². The molecule has 1 aromatic heterocycles. The molecule has 4 nitrogen and oxygen atoms in total. The summed E-state index contributed by atoms with van der Waals surface area (Å²) in [5.74, 6) is -0.301. The zero-order chi connectivity index (χ0) is 26.5. The van der Waals surface area contributed by atoms with Crippen molar-refractivity contribution in [1.82, 2.24) is 9.78 Å². The second-order valence-corrected chi connectivity index (χ2v) is 18.1. The van der Waals surface area contributed by atoms with Crippen molar-refractivity contribution in [1.29, 1.82) is 0 Å². The first-order valence-electron chi connectivity index (χ1n) is 12.7. The molecule has 0 atom stereocenters. The maximum atomic E-state index is 12.5. The molecule has 0 radical (unpaired) electrons. The Hall–Kier alpha value is -3.53. The fourth-order valence-electron chi connectivity index (χ4n) is 5.08. The molecule has 4 aromatic carbocycles. The van der Waals surface area contributed by atoms with Gasteiger partial charge >= 0.3 is 233 Å². The molecular formula is C32H30BrN2O2P. The predicted octanol–water partition coefficient (Wildman–Crippen LogP) is 6.45. The molecule has 0 bridgehead atoms. The van der Waals surface area contributed by atoms with Gasteiger partial charge in [-0.1, -0.05) is 0 Å². The minimum absolute atomic E-state index is 0.0539. The standard InChI is InChI=1S/C32H30BrN2O2P/c1-2-37-32(36)24-35-31(26-15-7-3-8-16-26)23-27(34-35)25-38(33,28-17-9-4-10-18-28,29-19-11-5-12-20-29)30-21-13-6-14-22-30/h3-23H,2,24-25H2,1H3. The second-order valence-electron chi connectivity index (χ2n) is 9.20. The Morgan fingerprint density at radius 1 is 0.763 bits per heavy atom. The van der Waals surface area contributed by atoms with Crippen LogP contribution in [0.3, 0.4) is 0 Å². The van der Waals surface area contributed by atoms with Crippen LogP contribution in [0.2, 0.25) is 0 Å². The summed E-state index contributed by atoms with van der Waals surface area (Å²) in [4.78, 5) is 12.5. The number of hydrogen-bond acceptors (Lipinski definition) is 3. The van der Waals surface area contributed by atoms with Gasteiger partial charge in [0.15, 0.2) is 0 Å². The van der Waals surface area contributed by atoms with Gasteiger partial charge in [0.05, 0.1) is 0 Å². The van der Waals surface area contributed by atoms with Gasteiger partial charge in [0, 0.05) is 0 Å². The van der Waals surface area contributed by atoms with E-state index in [4.69, 9.17) is 9.84 Å². The number of rotatable bonds is 9. The van der Waals surface area contributed by atoms with Gasteiger partial charge in [0.2, 0.25) is 0 Å². The fourth-order valence-corrected chi connectivity index (χ4v) is 12.6. The van der Waals surface area contributed by atoms with Crippen molar-refractivity contribution in [3.8, 4) is 11.3 Å². The quantitative estimate of drug-likeness (QED) is 0.148. The molecule has 0 aliphatic rings. The number of aromatic nitrogens is 2. The summed E-state index contributed by atoms with van der Waals surface area (Å²) in [6.07, 6.45) is 0.638. The normalized spacial score (nSPS) is 12.4. The molecule has 1 heterocycles. The number of benzene rings is 4. The van der Waals surface area contributed by atoms with E-state index in [0.717, 1.165) is 17.0 Å². The molecular weight excluding hydrogens is 555 g/mol. The van der Waals surface area contributed by atoms with E-state index in [1.54, 1.807) is 4.68 Å². The van der Waals surface area contributed by atoms with Gasteiger partial charge < -0.3 is 0 Å². The van der Waals surface area contributed by atoms with E-state index in [-0.39, 0.29) is 12.5 Å². The van der Waals surface area contributed by atoms with E-state index in [9.17, 15) is 4.79 Å². The number of hydrogen-bond donors (Lipinski definition) is 0. The Balaban J connectivity index is 1.74. The Morgan fingerprint density at radius 3 is 1.66 bits per heavy atom. The van der Waals surface area contributed by atoms with Gasteiger partial charge in [-0.15, -0.1) is 0 Å². The predicted molar refractivity (Wildman–Crippen MR) is 162 cm³/mol. The van der Waals surface area contributed by atoms with Crippen LogP contribution in [0.5, 0.6) is 0 Å². The molecule has 0 amide bonds. The van der Waals surface area contributed by atoms with E-state index in [2.05, 4.69) is 113 Å². The molecule has 0 saturated heterocycles. The molecule has 38 heavy (non-hydrogen) atoms. The average molecular weight is 585 g/mol. The van der Waals surface area contributed by atoms with Gasteiger partial charge in [-0.25, -0.2) is 0 Å².